The van der Waals surface area contributed by atoms with Crippen LogP contribution >= 0.6 is 0 Å². The number of methoxy groups -OCH3 is 1. The van der Waals surface area contributed by atoms with Gasteiger partial charge in [-0.1, -0.05) is 32.6 Å². The minimum absolute atomic E-state index is 0.00903. The highest BCUT2D eigenvalue weighted by atomic mass is 16.5. The third-order valence-corrected chi connectivity index (χ3v) is 6.14. The highest BCUT2D eigenvalue weighted by Gasteiger charge is 2.28. The number of rotatable bonds is 7. The van der Waals surface area contributed by atoms with E-state index in [2.05, 4.69) is 28.1 Å². The van der Waals surface area contributed by atoms with Gasteiger partial charge in [0.25, 0.3) is 11.1 Å². The van der Waals surface area contributed by atoms with Crippen LogP contribution in [0, 0.1) is 0 Å². The first kappa shape index (κ1) is 23.5. The van der Waals surface area contributed by atoms with Crippen molar-refractivity contribution >= 4 is 23.6 Å². The maximum absolute atomic E-state index is 12.5. The first-order valence-corrected chi connectivity index (χ1v) is 10.4. The molecule has 3 aromatic rings. The zero-order valence-corrected chi connectivity index (χ0v) is 19.3. The number of H-pyrrole nitrogens is 3. The number of aromatic amines is 3. The Morgan fingerprint density at radius 1 is 1.12 bits per heavy atom. The fraction of sp³-hybridized carbons (Fsp3) is 0.360. The molecule has 2 aromatic heterocycles. The SMILES string of the molecule is C=CC(C)(C)c1[nH]c2ccc(C[C@H](O)C(C)(C)OC)cc2c1/C=c1\[nH]c(=O)c(=C)[nH]c1=O. The lowest BCUT2D eigenvalue weighted by Gasteiger charge is -2.29. The van der Waals surface area contributed by atoms with E-state index in [0.29, 0.717) is 6.42 Å². The lowest BCUT2D eigenvalue weighted by Crippen LogP contribution is -2.46. The molecule has 0 fully saturated rings. The van der Waals surface area contributed by atoms with Gasteiger partial charge in [-0.05, 0) is 37.6 Å². The molecule has 2 heterocycles. The number of nitrogens with one attached hydrogen (secondary N) is 3. The van der Waals surface area contributed by atoms with Gasteiger partial charge in [0.05, 0.1) is 17.1 Å². The van der Waals surface area contributed by atoms with Gasteiger partial charge in [-0.2, -0.15) is 0 Å². The van der Waals surface area contributed by atoms with E-state index in [1.807, 2.05) is 52.0 Å². The summed E-state index contributed by atoms with van der Waals surface area (Å²) in [7, 11) is 1.57. The number of aliphatic hydroxyl groups is 1. The van der Waals surface area contributed by atoms with Crippen molar-refractivity contribution in [2.24, 2.45) is 0 Å². The third kappa shape index (κ3) is 4.40. The number of hydrogen-bond donors (Lipinski definition) is 4. The Labute approximate surface area is 186 Å². The van der Waals surface area contributed by atoms with Crippen molar-refractivity contribution in [3.8, 4) is 0 Å². The maximum atomic E-state index is 12.5. The number of ether oxygens (including phenoxy) is 1. The Balaban J connectivity index is 2.28. The average molecular weight is 438 g/mol. The topological polar surface area (TPSA) is 111 Å². The summed E-state index contributed by atoms with van der Waals surface area (Å²) in [6.07, 6.45) is 3.18. The minimum Gasteiger partial charge on any atom is -0.390 e. The Morgan fingerprint density at radius 3 is 2.44 bits per heavy atom. The second-order valence-corrected chi connectivity index (χ2v) is 9.19. The molecule has 0 amide bonds. The lowest BCUT2D eigenvalue weighted by molar-refractivity contribution is -0.0764. The Kier molecular flexibility index (Phi) is 6.18. The van der Waals surface area contributed by atoms with Crippen molar-refractivity contribution in [2.75, 3.05) is 7.11 Å². The maximum Gasteiger partial charge on any atom is 0.272 e. The molecule has 0 spiro atoms. The van der Waals surface area contributed by atoms with Crippen molar-refractivity contribution in [3.63, 3.8) is 0 Å². The second-order valence-electron chi connectivity index (χ2n) is 9.19. The van der Waals surface area contributed by atoms with E-state index in [1.54, 1.807) is 13.2 Å². The molecular formula is C25H31N3O4. The summed E-state index contributed by atoms with van der Waals surface area (Å²) in [5.41, 5.74) is 1.41. The fourth-order valence-corrected chi connectivity index (χ4v) is 3.51. The largest absolute Gasteiger partial charge is 0.390 e. The van der Waals surface area contributed by atoms with Gasteiger partial charge in [0, 0.05) is 41.1 Å². The van der Waals surface area contributed by atoms with Crippen LogP contribution in [0.5, 0.6) is 0 Å². The molecule has 0 saturated heterocycles. The molecule has 3 rings (SSSR count). The van der Waals surface area contributed by atoms with E-state index in [9.17, 15) is 14.7 Å². The van der Waals surface area contributed by atoms with Crippen LogP contribution in [0.3, 0.4) is 0 Å². The monoisotopic (exact) mass is 437 g/mol. The number of aliphatic hydroxyl groups excluding tert-OH is 1. The van der Waals surface area contributed by atoms with E-state index in [0.717, 1.165) is 27.7 Å². The first-order valence-electron chi connectivity index (χ1n) is 10.4. The predicted molar refractivity (Wildman–Crippen MR) is 128 cm³/mol. The molecule has 0 aliphatic rings. The van der Waals surface area contributed by atoms with Crippen molar-refractivity contribution in [2.45, 2.75) is 51.2 Å². The molecule has 0 bridgehead atoms. The summed E-state index contributed by atoms with van der Waals surface area (Å²) >= 11 is 0. The van der Waals surface area contributed by atoms with Crippen molar-refractivity contribution in [1.29, 1.82) is 0 Å². The molecule has 0 radical (unpaired) electrons. The summed E-state index contributed by atoms with van der Waals surface area (Å²) in [6, 6.07) is 5.88. The normalized spacial score (nSPS) is 14.1. The number of aromatic nitrogens is 3. The Morgan fingerprint density at radius 2 is 1.81 bits per heavy atom. The summed E-state index contributed by atoms with van der Waals surface area (Å²) in [5, 5.41) is 11.6. The van der Waals surface area contributed by atoms with Crippen LogP contribution in [-0.2, 0) is 16.6 Å². The van der Waals surface area contributed by atoms with Crippen LogP contribution in [0.4, 0.5) is 0 Å². The molecule has 1 atom stereocenters. The van der Waals surface area contributed by atoms with Gasteiger partial charge in [0.15, 0.2) is 0 Å². The van der Waals surface area contributed by atoms with Crippen molar-refractivity contribution in [3.05, 3.63) is 79.1 Å². The third-order valence-electron chi connectivity index (χ3n) is 6.14. The van der Waals surface area contributed by atoms with Gasteiger partial charge < -0.3 is 24.8 Å². The first-order chi connectivity index (χ1) is 14.9. The molecule has 0 aliphatic heterocycles. The Bertz CT molecular complexity index is 1390. The lowest BCUT2D eigenvalue weighted by atomic mass is 9.86. The van der Waals surface area contributed by atoms with Crippen molar-refractivity contribution in [1.82, 2.24) is 15.0 Å². The standard InChI is InChI=1S/C25H31N3O4/c1-8-24(3,4)21-17(13-19-23(31)26-14(2)22(30)28-19)16-11-15(9-10-18(16)27-21)12-20(29)25(5,6)32-7/h8-11,13,20,27,29H,1-2,12H2,3-7H3,(H,26,31)(H,28,30)/b19-13-/t20-/m0/s1. The predicted octanol–water partition coefficient (Wildman–Crippen LogP) is 1.58. The smallest absolute Gasteiger partial charge is 0.272 e. The van der Waals surface area contributed by atoms with Gasteiger partial charge in [-0.25, -0.2) is 0 Å². The van der Waals surface area contributed by atoms with Crippen LogP contribution in [-0.4, -0.2) is 38.9 Å². The molecule has 32 heavy (non-hydrogen) atoms. The van der Waals surface area contributed by atoms with Gasteiger partial charge in [0.2, 0.25) is 0 Å². The summed E-state index contributed by atoms with van der Waals surface area (Å²) in [4.78, 5) is 33.0. The Hall–Kier alpha value is -3.16. The quantitative estimate of drug-likeness (QED) is 0.421. The summed E-state index contributed by atoms with van der Waals surface area (Å²) < 4.78 is 5.41. The van der Waals surface area contributed by atoms with E-state index in [4.69, 9.17) is 4.74 Å². The molecule has 0 unspecified atom stereocenters. The van der Waals surface area contributed by atoms with Gasteiger partial charge >= 0.3 is 0 Å². The molecule has 1 aromatic carbocycles. The van der Waals surface area contributed by atoms with Gasteiger partial charge in [0.1, 0.15) is 5.35 Å². The zero-order chi connectivity index (χ0) is 23.8. The molecule has 7 nitrogen and oxygen atoms in total. The average Bonchev–Trinajstić information content (AvgIpc) is 3.10. The zero-order valence-electron chi connectivity index (χ0n) is 19.3. The highest BCUT2D eigenvalue weighted by Crippen LogP contribution is 2.34. The van der Waals surface area contributed by atoms with E-state index >= 15 is 0 Å². The molecular weight excluding hydrogens is 406 g/mol. The minimum atomic E-state index is -0.704. The van der Waals surface area contributed by atoms with E-state index < -0.39 is 28.2 Å². The molecule has 0 saturated carbocycles. The van der Waals surface area contributed by atoms with E-state index in [-0.39, 0.29) is 10.7 Å². The fourth-order valence-electron chi connectivity index (χ4n) is 3.51. The molecule has 0 aliphatic carbocycles. The highest BCUT2D eigenvalue weighted by molar-refractivity contribution is 5.91. The van der Waals surface area contributed by atoms with Crippen molar-refractivity contribution < 1.29 is 9.84 Å². The van der Waals surface area contributed by atoms with Crippen LogP contribution in [0.15, 0.2) is 40.4 Å². The van der Waals surface area contributed by atoms with Crippen LogP contribution < -0.4 is 21.8 Å². The summed E-state index contributed by atoms with van der Waals surface area (Å²) in [6.45, 7) is 15.2. The number of fused-ring (bicyclic) bond motifs is 1. The number of allylic oxidation sites excluding steroid dienone is 1. The van der Waals surface area contributed by atoms with Crippen LogP contribution in [0.2, 0.25) is 0 Å². The van der Waals surface area contributed by atoms with Crippen LogP contribution in [0.1, 0.15) is 44.5 Å². The summed E-state index contributed by atoms with van der Waals surface area (Å²) in [5.74, 6) is 0. The molecule has 7 heteroatoms. The van der Waals surface area contributed by atoms with Gasteiger partial charge in [-0.15, -0.1) is 6.58 Å². The molecule has 4 N–H and O–H groups in total. The van der Waals surface area contributed by atoms with Crippen LogP contribution in [0.25, 0.3) is 23.6 Å². The van der Waals surface area contributed by atoms with Gasteiger partial charge in [-0.3, -0.25) is 9.59 Å². The van der Waals surface area contributed by atoms with E-state index in [1.165, 1.54) is 0 Å². The molecule has 170 valence electrons. The number of hydrogen-bond acceptors (Lipinski definition) is 4. The number of benzene rings is 1. The second kappa shape index (κ2) is 8.41.